The number of benzene rings is 1. The third kappa shape index (κ3) is 4.47. The minimum Gasteiger partial charge on any atom is -0.467 e. The van der Waals surface area contributed by atoms with Crippen LogP contribution in [0.4, 0.5) is 10.1 Å². The Morgan fingerprint density at radius 1 is 1.31 bits per heavy atom. The van der Waals surface area contributed by atoms with Crippen molar-refractivity contribution in [1.82, 2.24) is 4.90 Å². The summed E-state index contributed by atoms with van der Waals surface area (Å²) in [5.74, 6) is -1.86. The molecule has 0 unspecified atom stereocenters. The normalized spacial score (nSPS) is 16.6. The molecule has 0 aliphatic carbocycles. The molecule has 136 valence electrons. The summed E-state index contributed by atoms with van der Waals surface area (Å²) in [6, 6.07) is 8.84. The summed E-state index contributed by atoms with van der Waals surface area (Å²) < 4.78 is 23.2. The summed E-state index contributed by atoms with van der Waals surface area (Å²) in [4.78, 5) is 37.4. The van der Waals surface area contributed by atoms with E-state index in [4.69, 9.17) is 9.15 Å². The van der Waals surface area contributed by atoms with Gasteiger partial charge in [-0.2, -0.15) is 0 Å². The van der Waals surface area contributed by atoms with E-state index in [0.29, 0.717) is 5.76 Å². The van der Waals surface area contributed by atoms with Crippen molar-refractivity contribution >= 4 is 23.5 Å². The molecule has 1 aromatic heterocycles. The van der Waals surface area contributed by atoms with Crippen molar-refractivity contribution in [3.63, 3.8) is 0 Å². The molecule has 8 heteroatoms. The van der Waals surface area contributed by atoms with Gasteiger partial charge in [-0.3, -0.25) is 14.4 Å². The summed E-state index contributed by atoms with van der Waals surface area (Å²) in [6.45, 7) is -0.00221. The molecule has 0 radical (unpaired) electrons. The minimum absolute atomic E-state index is 0.0328. The average Bonchev–Trinajstić information content (AvgIpc) is 3.23. The van der Waals surface area contributed by atoms with Crippen molar-refractivity contribution < 1.29 is 27.9 Å². The predicted molar refractivity (Wildman–Crippen MR) is 88.2 cm³/mol. The van der Waals surface area contributed by atoms with Gasteiger partial charge in [0.05, 0.1) is 18.7 Å². The third-order valence-corrected chi connectivity index (χ3v) is 3.93. The van der Waals surface area contributed by atoms with Crippen LogP contribution >= 0.6 is 0 Å². The first-order valence-electron chi connectivity index (χ1n) is 8.03. The van der Waals surface area contributed by atoms with Crippen LogP contribution in [0.2, 0.25) is 0 Å². The predicted octanol–water partition coefficient (Wildman–Crippen LogP) is 1.95. The van der Waals surface area contributed by atoms with Gasteiger partial charge < -0.3 is 19.4 Å². The second-order valence-corrected chi connectivity index (χ2v) is 5.92. The van der Waals surface area contributed by atoms with Crippen molar-refractivity contribution in [1.29, 1.82) is 0 Å². The Morgan fingerprint density at radius 3 is 2.88 bits per heavy atom. The average molecular weight is 360 g/mol. The Balaban J connectivity index is 1.46. The van der Waals surface area contributed by atoms with E-state index in [1.54, 1.807) is 12.1 Å². The fourth-order valence-corrected chi connectivity index (χ4v) is 2.69. The number of esters is 1. The summed E-state index contributed by atoms with van der Waals surface area (Å²) in [5.41, 5.74) is 0.270. The molecule has 3 rings (SSSR count). The largest absolute Gasteiger partial charge is 0.467 e. The highest BCUT2D eigenvalue weighted by atomic mass is 19.1. The van der Waals surface area contributed by atoms with E-state index >= 15 is 0 Å². The smallest absolute Gasteiger partial charge is 0.311 e. The van der Waals surface area contributed by atoms with Crippen molar-refractivity contribution in [3.05, 3.63) is 54.2 Å². The zero-order valence-electron chi connectivity index (χ0n) is 13.8. The number of hydrogen-bond donors (Lipinski definition) is 1. The second-order valence-electron chi connectivity index (χ2n) is 5.92. The maximum Gasteiger partial charge on any atom is 0.311 e. The van der Waals surface area contributed by atoms with Crippen LogP contribution < -0.4 is 5.32 Å². The molecule has 1 aliphatic heterocycles. The molecule has 0 spiro atoms. The van der Waals surface area contributed by atoms with Gasteiger partial charge in [-0.25, -0.2) is 4.39 Å². The molecule has 0 saturated carbocycles. The number of halogens is 1. The topological polar surface area (TPSA) is 88.9 Å². The Bertz CT molecular complexity index is 806. The van der Waals surface area contributed by atoms with Gasteiger partial charge in [0.15, 0.2) is 6.61 Å². The summed E-state index contributed by atoms with van der Waals surface area (Å²) in [7, 11) is 0. The van der Waals surface area contributed by atoms with Crippen LogP contribution in [-0.2, 0) is 25.7 Å². The van der Waals surface area contributed by atoms with Gasteiger partial charge in [-0.1, -0.05) is 6.07 Å². The Morgan fingerprint density at radius 2 is 2.15 bits per heavy atom. The molecule has 1 aliphatic rings. The summed E-state index contributed by atoms with van der Waals surface area (Å²) >= 11 is 0. The van der Waals surface area contributed by atoms with Gasteiger partial charge in [0.2, 0.25) is 5.91 Å². The first-order chi connectivity index (χ1) is 12.5. The fourth-order valence-electron chi connectivity index (χ4n) is 2.69. The zero-order chi connectivity index (χ0) is 18.5. The van der Waals surface area contributed by atoms with Crippen LogP contribution in [0, 0.1) is 11.7 Å². The second kappa shape index (κ2) is 7.81. The molecule has 1 saturated heterocycles. The lowest BCUT2D eigenvalue weighted by atomic mass is 10.1. The number of nitrogens with one attached hydrogen (secondary N) is 1. The van der Waals surface area contributed by atoms with Gasteiger partial charge in [0.25, 0.3) is 5.91 Å². The van der Waals surface area contributed by atoms with E-state index < -0.39 is 30.2 Å². The molecule has 2 amide bonds. The highest BCUT2D eigenvalue weighted by molar-refractivity contribution is 5.93. The van der Waals surface area contributed by atoms with Crippen LogP contribution in [0.3, 0.4) is 0 Å². The monoisotopic (exact) mass is 360 g/mol. The minimum atomic E-state index is -0.626. The van der Waals surface area contributed by atoms with Crippen LogP contribution in [0.1, 0.15) is 12.2 Å². The fraction of sp³-hybridized carbons (Fsp3) is 0.278. The van der Waals surface area contributed by atoms with E-state index in [1.165, 1.54) is 29.4 Å². The lowest BCUT2D eigenvalue weighted by molar-refractivity contribution is -0.151. The molecule has 7 nitrogen and oxygen atoms in total. The Hall–Kier alpha value is -3.16. The summed E-state index contributed by atoms with van der Waals surface area (Å²) in [5, 5.41) is 2.43. The molecule has 1 N–H and O–H groups in total. The molecular formula is C18H17FN2O5. The van der Waals surface area contributed by atoms with Crippen LogP contribution in [0.15, 0.2) is 47.1 Å². The molecule has 2 heterocycles. The van der Waals surface area contributed by atoms with Gasteiger partial charge in [-0.15, -0.1) is 0 Å². The van der Waals surface area contributed by atoms with E-state index in [-0.39, 0.29) is 31.1 Å². The molecule has 0 bridgehead atoms. The van der Waals surface area contributed by atoms with Crippen LogP contribution in [0.25, 0.3) is 0 Å². The lowest BCUT2D eigenvalue weighted by Crippen LogP contribution is -2.28. The van der Waals surface area contributed by atoms with E-state index in [0.717, 1.165) is 6.07 Å². The number of amides is 2. The number of furan rings is 1. The van der Waals surface area contributed by atoms with Gasteiger partial charge in [-0.05, 0) is 30.3 Å². The van der Waals surface area contributed by atoms with Crippen LogP contribution in [-0.4, -0.2) is 35.8 Å². The number of likely N-dealkylation sites (tertiary alicyclic amines) is 1. The van der Waals surface area contributed by atoms with Gasteiger partial charge >= 0.3 is 5.97 Å². The number of nitrogens with zero attached hydrogens (tertiary/aromatic N) is 1. The number of ether oxygens (including phenoxy) is 1. The Kier molecular flexibility index (Phi) is 5.31. The molecule has 1 atom stereocenters. The Labute approximate surface area is 148 Å². The molecular weight excluding hydrogens is 343 g/mol. The number of carbonyl (C=O) groups is 3. The number of anilines is 1. The van der Waals surface area contributed by atoms with Crippen molar-refractivity contribution in [3.8, 4) is 0 Å². The number of carbonyl (C=O) groups excluding carboxylic acids is 3. The molecule has 1 fully saturated rings. The quantitative estimate of drug-likeness (QED) is 0.796. The van der Waals surface area contributed by atoms with Crippen molar-refractivity contribution in [2.75, 3.05) is 18.5 Å². The van der Waals surface area contributed by atoms with E-state index in [9.17, 15) is 18.8 Å². The van der Waals surface area contributed by atoms with E-state index in [2.05, 4.69) is 5.32 Å². The first-order valence-corrected chi connectivity index (χ1v) is 8.03. The maximum absolute atomic E-state index is 13.1. The number of hydrogen-bond acceptors (Lipinski definition) is 5. The van der Waals surface area contributed by atoms with Crippen LogP contribution in [0.5, 0.6) is 0 Å². The number of rotatable bonds is 6. The highest BCUT2D eigenvalue weighted by Crippen LogP contribution is 2.21. The van der Waals surface area contributed by atoms with Gasteiger partial charge in [0.1, 0.15) is 11.6 Å². The van der Waals surface area contributed by atoms with Crippen molar-refractivity contribution in [2.24, 2.45) is 5.92 Å². The van der Waals surface area contributed by atoms with E-state index in [1.807, 2.05) is 0 Å². The summed E-state index contributed by atoms with van der Waals surface area (Å²) in [6.07, 6.45) is 1.55. The third-order valence-electron chi connectivity index (χ3n) is 3.93. The SMILES string of the molecule is O=C(COC(=O)[C@H]1CC(=O)N(Cc2ccco2)C1)Nc1cccc(F)c1. The first kappa shape index (κ1) is 17.7. The molecule has 1 aromatic carbocycles. The lowest BCUT2D eigenvalue weighted by Gasteiger charge is -2.14. The van der Waals surface area contributed by atoms with Gasteiger partial charge in [0, 0.05) is 18.7 Å². The highest BCUT2D eigenvalue weighted by Gasteiger charge is 2.35. The zero-order valence-corrected chi connectivity index (χ0v) is 13.8. The standard InChI is InChI=1S/C18H17FN2O5/c19-13-3-1-4-14(8-13)20-16(22)11-26-18(24)12-7-17(23)21(9-12)10-15-5-2-6-25-15/h1-6,8,12H,7,9-11H2,(H,20,22)/t12-/m0/s1. The molecule has 26 heavy (non-hydrogen) atoms. The molecule has 2 aromatic rings. The van der Waals surface area contributed by atoms with Crippen molar-refractivity contribution in [2.45, 2.75) is 13.0 Å². The maximum atomic E-state index is 13.1.